The van der Waals surface area contributed by atoms with Crippen LogP contribution in [0.2, 0.25) is 0 Å². The van der Waals surface area contributed by atoms with Crippen molar-refractivity contribution in [3.63, 3.8) is 0 Å². The van der Waals surface area contributed by atoms with E-state index < -0.39 is 0 Å². The Labute approximate surface area is 196 Å². The monoisotopic (exact) mass is 453 g/mol. The zero-order chi connectivity index (χ0) is 23.2. The third kappa shape index (κ3) is 5.03. The number of ether oxygens (including phenoxy) is 3. The zero-order valence-electron chi connectivity index (χ0n) is 20.0. The van der Waals surface area contributed by atoms with E-state index in [4.69, 9.17) is 14.2 Å². The highest BCUT2D eigenvalue weighted by atomic mass is 16.5. The van der Waals surface area contributed by atoms with Gasteiger partial charge in [-0.2, -0.15) is 0 Å². The molecule has 4 rings (SSSR count). The van der Waals surface area contributed by atoms with E-state index in [1.54, 1.807) is 14.2 Å². The average Bonchev–Trinajstić information content (AvgIpc) is 2.88. The number of anilines is 1. The van der Waals surface area contributed by atoms with Gasteiger partial charge in [-0.1, -0.05) is 24.3 Å². The zero-order valence-corrected chi connectivity index (χ0v) is 20.0. The molecule has 0 bridgehead atoms. The van der Waals surface area contributed by atoms with Crippen molar-refractivity contribution in [1.29, 1.82) is 0 Å². The predicted molar refractivity (Wildman–Crippen MR) is 129 cm³/mol. The summed E-state index contributed by atoms with van der Waals surface area (Å²) in [4.78, 5) is 19.5. The van der Waals surface area contributed by atoms with Crippen molar-refractivity contribution in [2.45, 2.75) is 25.3 Å². The van der Waals surface area contributed by atoms with Gasteiger partial charge in [-0.25, -0.2) is 4.79 Å². The highest BCUT2D eigenvalue weighted by Crippen LogP contribution is 2.38. The summed E-state index contributed by atoms with van der Waals surface area (Å²) in [6.07, 6.45) is 2.69. The maximum atomic E-state index is 12.8. The lowest BCUT2D eigenvalue weighted by Crippen LogP contribution is -2.49. The van der Waals surface area contributed by atoms with Crippen LogP contribution >= 0.6 is 0 Å². The number of rotatable bonds is 7. The Morgan fingerprint density at radius 1 is 0.970 bits per heavy atom. The smallest absolute Gasteiger partial charge is 0.410 e. The number of carbonyl (C=O) groups excluding carboxylic acids is 1. The summed E-state index contributed by atoms with van der Waals surface area (Å²) in [6.45, 7) is 5.22. The fraction of sp³-hybridized carbons (Fsp3) is 0.500. The van der Waals surface area contributed by atoms with Gasteiger partial charge in [0.2, 0.25) is 0 Å². The lowest BCUT2D eigenvalue weighted by molar-refractivity contribution is 0.0912. The molecule has 1 unspecified atom stereocenters. The van der Waals surface area contributed by atoms with Crippen LogP contribution in [0.3, 0.4) is 0 Å². The molecule has 7 heteroatoms. The maximum Gasteiger partial charge on any atom is 0.410 e. The van der Waals surface area contributed by atoms with E-state index in [1.807, 2.05) is 29.2 Å². The van der Waals surface area contributed by atoms with Crippen molar-refractivity contribution in [3.8, 4) is 11.5 Å². The summed E-state index contributed by atoms with van der Waals surface area (Å²) in [6, 6.07) is 14.3. The molecule has 1 amide bonds. The van der Waals surface area contributed by atoms with Gasteiger partial charge in [0.1, 0.15) is 11.5 Å². The highest BCUT2D eigenvalue weighted by Gasteiger charge is 2.32. The number of hydrogen-bond donors (Lipinski definition) is 0. The molecule has 0 aromatic heterocycles. The van der Waals surface area contributed by atoms with Crippen molar-refractivity contribution in [1.82, 2.24) is 9.80 Å². The second-order valence-corrected chi connectivity index (χ2v) is 8.60. The molecule has 1 aliphatic heterocycles. The average molecular weight is 454 g/mol. The van der Waals surface area contributed by atoms with Gasteiger partial charge in [0.15, 0.2) is 0 Å². The molecular weight excluding hydrogens is 418 g/mol. The van der Waals surface area contributed by atoms with Crippen LogP contribution in [0.1, 0.15) is 30.0 Å². The molecule has 0 radical (unpaired) electrons. The molecule has 33 heavy (non-hydrogen) atoms. The van der Waals surface area contributed by atoms with Crippen LogP contribution in [0.5, 0.6) is 11.5 Å². The predicted octanol–water partition coefficient (Wildman–Crippen LogP) is 3.97. The first-order valence-electron chi connectivity index (χ1n) is 11.8. The molecule has 1 aliphatic carbocycles. The molecule has 1 fully saturated rings. The standard InChI is InChI=1S/C26H35N3O4/c1-31-24-13-7-8-20-21(24)9-6-11-22(20)29(26(30)33-3)19-16-27-14-17-28(18-15-27)23-10-4-5-12-25(23)32-2/h4-5,7-8,10,12-13,22H,6,9,11,14-19H2,1-3H3. The van der Waals surface area contributed by atoms with Crippen molar-refractivity contribution >= 4 is 11.8 Å². The second-order valence-electron chi connectivity index (χ2n) is 8.60. The Morgan fingerprint density at radius 2 is 1.70 bits per heavy atom. The number of carbonyl (C=O) groups is 1. The van der Waals surface area contributed by atoms with Crippen molar-refractivity contribution in [3.05, 3.63) is 53.6 Å². The van der Waals surface area contributed by atoms with E-state index in [2.05, 4.69) is 28.0 Å². The largest absolute Gasteiger partial charge is 0.496 e. The number of fused-ring (bicyclic) bond motifs is 1. The van der Waals surface area contributed by atoms with Gasteiger partial charge in [0.25, 0.3) is 0 Å². The van der Waals surface area contributed by atoms with Gasteiger partial charge >= 0.3 is 6.09 Å². The first-order chi connectivity index (χ1) is 16.2. The number of piperazine rings is 1. The molecule has 1 saturated heterocycles. The Hall–Kier alpha value is -2.93. The van der Waals surface area contributed by atoms with Crippen LogP contribution in [0.4, 0.5) is 10.5 Å². The Morgan fingerprint density at radius 3 is 2.42 bits per heavy atom. The quantitative estimate of drug-likeness (QED) is 0.632. The summed E-state index contributed by atoms with van der Waals surface area (Å²) < 4.78 is 16.3. The number of para-hydroxylation sites is 2. The third-order valence-electron chi connectivity index (χ3n) is 6.89. The van der Waals surface area contributed by atoms with Crippen molar-refractivity contribution in [2.75, 3.05) is 65.5 Å². The van der Waals surface area contributed by atoms with E-state index in [1.165, 1.54) is 18.2 Å². The minimum absolute atomic E-state index is 0.0196. The fourth-order valence-electron chi connectivity index (χ4n) is 5.15. The first-order valence-corrected chi connectivity index (χ1v) is 11.8. The summed E-state index contributed by atoms with van der Waals surface area (Å²) in [5.74, 6) is 1.82. The second kappa shape index (κ2) is 10.8. The van der Waals surface area contributed by atoms with E-state index in [-0.39, 0.29) is 12.1 Å². The van der Waals surface area contributed by atoms with Crippen LogP contribution in [0.25, 0.3) is 0 Å². The third-order valence-corrected chi connectivity index (χ3v) is 6.89. The van der Waals surface area contributed by atoms with Crippen LogP contribution in [0, 0.1) is 0 Å². The number of benzene rings is 2. The molecule has 0 spiro atoms. The van der Waals surface area contributed by atoms with Crippen LogP contribution < -0.4 is 14.4 Å². The number of methoxy groups -OCH3 is 3. The molecular formula is C26H35N3O4. The van der Waals surface area contributed by atoms with Gasteiger partial charge in [0, 0.05) is 39.3 Å². The summed E-state index contributed by atoms with van der Waals surface area (Å²) >= 11 is 0. The van der Waals surface area contributed by atoms with Crippen LogP contribution in [0.15, 0.2) is 42.5 Å². The normalized spacial score (nSPS) is 18.4. The molecule has 0 N–H and O–H groups in total. The lowest BCUT2D eigenvalue weighted by Gasteiger charge is -2.39. The number of amides is 1. The molecule has 2 aromatic rings. The fourth-order valence-corrected chi connectivity index (χ4v) is 5.15. The molecule has 2 aromatic carbocycles. The first kappa shape index (κ1) is 23.2. The van der Waals surface area contributed by atoms with Crippen LogP contribution in [-0.2, 0) is 11.2 Å². The molecule has 0 saturated carbocycles. The molecule has 1 atom stereocenters. The van der Waals surface area contributed by atoms with Gasteiger partial charge in [-0.15, -0.1) is 0 Å². The van der Waals surface area contributed by atoms with E-state index in [0.29, 0.717) is 6.54 Å². The van der Waals surface area contributed by atoms with E-state index in [9.17, 15) is 4.79 Å². The lowest BCUT2D eigenvalue weighted by atomic mass is 9.86. The van der Waals surface area contributed by atoms with E-state index in [0.717, 1.165) is 69.2 Å². The molecule has 178 valence electrons. The van der Waals surface area contributed by atoms with Gasteiger partial charge in [-0.05, 0) is 48.6 Å². The summed E-state index contributed by atoms with van der Waals surface area (Å²) in [7, 11) is 4.90. The molecule has 7 nitrogen and oxygen atoms in total. The minimum Gasteiger partial charge on any atom is -0.496 e. The molecule has 2 aliphatic rings. The van der Waals surface area contributed by atoms with Gasteiger partial charge in [-0.3, -0.25) is 9.80 Å². The topological polar surface area (TPSA) is 54.5 Å². The van der Waals surface area contributed by atoms with Crippen molar-refractivity contribution < 1.29 is 19.0 Å². The summed E-state index contributed by atoms with van der Waals surface area (Å²) in [5, 5.41) is 0. The Bertz CT molecular complexity index is 943. The van der Waals surface area contributed by atoms with Gasteiger partial charge in [0.05, 0.1) is 33.1 Å². The number of nitrogens with zero attached hydrogens (tertiary/aromatic N) is 3. The van der Waals surface area contributed by atoms with Gasteiger partial charge < -0.3 is 19.1 Å². The highest BCUT2D eigenvalue weighted by molar-refractivity contribution is 5.68. The Balaban J connectivity index is 1.41. The molecule has 1 heterocycles. The van der Waals surface area contributed by atoms with Crippen molar-refractivity contribution in [2.24, 2.45) is 0 Å². The summed E-state index contributed by atoms with van der Waals surface area (Å²) in [5.41, 5.74) is 3.55. The SMILES string of the molecule is COC(=O)N(CCN1CCN(c2ccccc2OC)CC1)C1CCCc2c(OC)cccc21. The Kier molecular flexibility index (Phi) is 7.60. The van der Waals surface area contributed by atoms with E-state index >= 15 is 0 Å². The maximum absolute atomic E-state index is 12.8. The number of hydrogen-bond acceptors (Lipinski definition) is 6. The minimum atomic E-state index is -0.261. The van der Waals surface area contributed by atoms with Crippen LogP contribution in [-0.4, -0.2) is 76.5 Å².